The monoisotopic (exact) mass is 462 g/mol. The second kappa shape index (κ2) is 8.74. The summed E-state index contributed by atoms with van der Waals surface area (Å²) in [6.45, 7) is 8.56. The zero-order valence-corrected chi connectivity index (χ0v) is 18.0. The summed E-state index contributed by atoms with van der Waals surface area (Å²) in [7, 11) is 0. The minimum atomic E-state index is 0. The molecule has 2 aliphatic carbocycles. The van der Waals surface area contributed by atoms with Crippen LogP contribution in [0, 0.1) is 11.3 Å². The Labute approximate surface area is 169 Å². The highest BCUT2D eigenvalue weighted by molar-refractivity contribution is 14.0. The first-order chi connectivity index (χ1) is 11.8. The Hall–Kier alpha value is -0.0800. The Morgan fingerprint density at radius 3 is 2.68 bits per heavy atom. The van der Waals surface area contributed by atoms with Crippen molar-refractivity contribution in [3.63, 3.8) is 0 Å². The summed E-state index contributed by atoms with van der Waals surface area (Å²) in [6, 6.07) is 0.575. The maximum Gasteiger partial charge on any atom is 0.191 e. The van der Waals surface area contributed by atoms with Crippen molar-refractivity contribution >= 4 is 29.9 Å². The molecule has 0 aromatic heterocycles. The maximum absolute atomic E-state index is 6.03. The van der Waals surface area contributed by atoms with Crippen LogP contribution in [0.15, 0.2) is 4.99 Å². The van der Waals surface area contributed by atoms with Crippen LogP contribution in [-0.2, 0) is 4.74 Å². The fraction of sp³-hybridized carbons (Fsp3) is 0.947. The van der Waals surface area contributed by atoms with E-state index in [1.165, 1.54) is 58.0 Å². The molecule has 2 N–H and O–H groups in total. The molecule has 0 aromatic carbocycles. The van der Waals surface area contributed by atoms with Crippen molar-refractivity contribution < 1.29 is 4.74 Å². The van der Waals surface area contributed by atoms with Crippen LogP contribution in [0.3, 0.4) is 0 Å². The number of rotatable bonds is 5. The number of nitrogens with zero attached hydrogens (tertiary/aromatic N) is 2. The van der Waals surface area contributed by atoms with Gasteiger partial charge >= 0.3 is 0 Å². The van der Waals surface area contributed by atoms with E-state index in [4.69, 9.17) is 9.73 Å². The average molecular weight is 462 g/mol. The van der Waals surface area contributed by atoms with E-state index in [2.05, 4.69) is 22.5 Å². The lowest BCUT2D eigenvalue weighted by molar-refractivity contribution is -0.171. The van der Waals surface area contributed by atoms with Gasteiger partial charge in [0.2, 0.25) is 0 Å². The van der Waals surface area contributed by atoms with Crippen LogP contribution in [-0.4, -0.2) is 62.3 Å². The minimum Gasteiger partial charge on any atom is -0.377 e. The molecule has 144 valence electrons. The molecule has 3 atom stereocenters. The molecule has 3 unspecified atom stereocenters. The SMILES string of the molecule is CCNC(=NCCN1CCCCC1)NC1C2CCOC2C12CCC2.I. The third-order valence-electron chi connectivity index (χ3n) is 6.81. The van der Waals surface area contributed by atoms with Gasteiger partial charge in [-0.25, -0.2) is 0 Å². The Morgan fingerprint density at radius 1 is 1.20 bits per heavy atom. The van der Waals surface area contributed by atoms with E-state index in [1.54, 1.807) is 0 Å². The Kier molecular flexibility index (Phi) is 6.88. The lowest BCUT2D eigenvalue weighted by atomic mass is 9.46. The number of nitrogens with one attached hydrogen (secondary N) is 2. The zero-order valence-electron chi connectivity index (χ0n) is 15.6. The quantitative estimate of drug-likeness (QED) is 0.375. The van der Waals surface area contributed by atoms with Crippen LogP contribution in [0.25, 0.3) is 0 Å². The molecule has 25 heavy (non-hydrogen) atoms. The van der Waals surface area contributed by atoms with Crippen LogP contribution in [0.2, 0.25) is 0 Å². The number of aliphatic imine (C=N–C) groups is 1. The van der Waals surface area contributed by atoms with E-state index in [-0.39, 0.29) is 24.0 Å². The predicted molar refractivity (Wildman–Crippen MR) is 113 cm³/mol. The van der Waals surface area contributed by atoms with E-state index in [9.17, 15) is 0 Å². The summed E-state index contributed by atoms with van der Waals surface area (Å²) >= 11 is 0. The molecule has 4 fully saturated rings. The maximum atomic E-state index is 6.03. The predicted octanol–water partition coefficient (Wildman–Crippen LogP) is 2.60. The van der Waals surface area contributed by atoms with Crippen molar-refractivity contribution in [1.29, 1.82) is 0 Å². The summed E-state index contributed by atoms with van der Waals surface area (Å²) in [5, 5.41) is 7.26. The number of hydrogen-bond acceptors (Lipinski definition) is 3. The number of likely N-dealkylation sites (tertiary alicyclic amines) is 1. The molecule has 1 spiro atoms. The van der Waals surface area contributed by atoms with Gasteiger partial charge in [-0.1, -0.05) is 12.8 Å². The zero-order chi connectivity index (χ0) is 16.4. The van der Waals surface area contributed by atoms with Crippen molar-refractivity contribution in [3.8, 4) is 0 Å². The minimum absolute atomic E-state index is 0. The molecule has 5 nitrogen and oxygen atoms in total. The van der Waals surface area contributed by atoms with Crippen LogP contribution >= 0.6 is 24.0 Å². The summed E-state index contributed by atoms with van der Waals surface area (Å²) in [6.07, 6.45) is 9.90. The second-order valence-electron chi connectivity index (χ2n) is 8.12. The van der Waals surface area contributed by atoms with E-state index in [0.717, 1.165) is 32.2 Å². The molecule has 2 heterocycles. The van der Waals surface area contributed by atoms with Gasteiger partial charge in [-0.05, 0) is 52.1 Å². The third kappa shape index (κ3) is 3.81. The molecule has 0 bridgehead atoms. The molecule has 4 aliphatic rings. The van der Waals surface area contributed by atoms with Gasteiger partial charge in [-0.3, -0.25) is 4.99 Å². The second-order valence-corrected chi connectivity index (χ2v) is 8.12. The number of fused-ring (bicyclic) bond motifs is 2. The molecule has 0 radical (unpaired) electrons. The van der Waals surface area contributed by atoms with Crippen molar-refractivity contribution in [2.24, 2.45) is 16.3 Å². The standard InChI is InChI=1S/C19H34N4O.HI/c1-2-20-18(21-10-13-23-11-4-3-5-12-23)22-16-15-7-14-24-17(15)19(16)8-6-9-19;/h15-17H,2-14H2,1H3,(H2,20,21,22);1H. The molecule has 0 aromatic rings. The van der Waals surface area contributed by atoms with Crippen molar-refractivity contribution in [2.45, 2.75) is 64.0 Å². The molecule has 4 rings (SSSR count). The summed E-state index contributed by atoms with van der Waals surface area (Å²) in [5.74, 6) is 1.73. The molecule has 6 heteroatoms. The highest BCUT2D eigenvalue weighted by Crippen LogP contribution is 2.62. The van der Waals surface area contributed by atoms with E-state index >= 15 is 0 Å². The molecule has 2 aliphatic heterocycles. The summed E-state index contributed by atoms with van der Waals surface area (Å²) in [5.41, 5.74) is 0.421. The van der Waals surface area contributed by atoms with E-state index in [0.29, 0.717) is 23.5 Å². The average Bonchev–Trinajstić information content (AvgIpc) is 2.97. The van der Waals surface area contributed by atoms with Gasteiger partial charge in [0.15, 0.2) is 5.96 Å². The fourth-order valence-electron chi connectivity index (χ4n) is 5.41. The van der Waals surface area contributed by atoms with Crippen LogP contribution in [0.1, 0.15) is 51.9 Å². The largest absolute Gasteiger partial charge is 0.377 e. The Balaban J connectivity index is 0.00000182. The first-order valence-corrected chi connectivity index (χ1v) is 10.2. The molecular weight excluding hydrogens is 427 g/mol. The van der Waals surface area contributed by atoms with E-state index in [1.807, 2.05) is 0 Å². The first-order valence-electron chi connectivity index (χ1n) is 10.2. The number of ether oxygens (including phenoxy) is 1. The lowest BCUT2D eigenvalue weighted by Crippen LogP contribution is -2.72. The summed E-state index contributed by atoms with van der Waals surface area (Å²) in [4.78, 5) is 7.44. The van der Waals surface area contributed by atoms with Crippen LogP contribution in [0.4, 0.5) is 0 Å². The van der Waals surface area contributed by atoms with Crippen LogP contribution in [0.5, 0.6) is 0 Å². The van der Waals surface area contributed by atoms with Gasteiger partial charge < -0.3 is 20.3 Å². The highest BCUT2D eigenvalue weighted by Gasteiger charge is 2.66. The Bertz CT molecular complexity index is 462. The summed E-state index contributed by atoms with van der Waals surface area (Å²) < 4.78 is 6.03. The van der Waals surface area contributed by atoms with Gasteiger partial charge in [0, 0.05) is 37.1 Å². The number of piperidine rings is 1. The third-order valence-corrected chi connectivity index (χ3v) is 6.81. The normalized spacial score (nSPS) is 33.8. The smallest absolute Gasteiger partial charge is 0.191 e. The highest BCUT2D eigenvalue weighted by atomic mass is 127. The van der Waals surface area contributed by atoms with Gasteiger partial charge in [0.25, 0.3) is 0 Å². The van der Waals surface area contributed by atoms with E-state index < -0.39 is 0 Å². The Morgan fingerprint density at radius 2 is 2.00 bits per heavy atom. The molecular formula is C19H35IN4O. The lowest BCUT2D eigenvalue weighted by Gasteiger charge is -2.63. The van der Waals surface area contributed by atoms with Crippen molar-refractivity contribution in [1.82, 2.24) is 15.5 Å². The molecule has 2 saturated heterocycles. The van der Waals surface area contributed by atoms with Gasteiger partial charge in [-0.2, -0.15) is 0 Å². The van der Waals surface area contributed by atoms with Gasteiger partial charge in [0.05, 0.1) is 12.6 Å². The molecule has 2 saturated carbocycles. The fourth-order valence-corrected chi connectivity index (χ4v) is 5.41. The number of guanidine groups is 1. The topological polar surface area (TPSA) is 48.9 Å². The van der Waals surface area contributed by atoms with Gasteiger partial charge in [-0.15, -0.1) is 24.0 Å². The first kappa shape index (κ1) is 19.7. The molecule has 0 amide bonds. The van der Waals surface area contributed by atoms with Crippen molar-refractivity contribution in [2.75, 3.05) is 39.3 Å². The number of halogens is 1. The van der Waals surface area contributed by atoms with Crippen LogP contribution < -0.4 is 10.6 Å². The number of hydrogen-bond donors (Lipinski definition) is 2. The van der Waals surface area contributed by atoms with Gasteiger partial charge in [0.1, 0.15) is 0 Å². The van der Waals surface area contributed by atoms with Crippen molar-refractivity contribution in [3.05, 3.63) is 0 Å².